The molecule has 0 bridgehead atoms. The van der Waals surface area contributed by atoms with E-state index in [-0.39, 0.29) is 0 Å². The van der Waals surface area contributed by atoms with Gasteiger partial charge in [-0.3, -0.25) is 0 Å². The molecule has 5 nitrogen and oxygen atoms in total. The Labute approximate surface area is 145 Å². The van der Waals surface area contributed by atoms with E-state index in [9.17, 15) is 9.90 Å². The van der Waals surface area contributed by atoms with Crippen LogP contribution >= 0.6 is 0 Å². The third-order valence-corrected chi connectivity index (χ3v) is 4.25. The molecule has 3 rings (SSSR count). The van der Waals surface area contributed by atoms with Crippen molar-refractivity contribution < 1.29 is 14.3 Å². The number of carbonyl (C=O) groups is 1. The molecule has 0 aliphatic rings. The van der Waals surface area contributed by atoms with Crippen molar-refractivity contribution in [1.82, 2.24) is 0 Å². The Morgan fingerprint density at radius 2 is 2.04 bits per heavy atom. The molecule has 1 atom stereocenters. The number of nitrogens with one attached hydrogen (secondary N) is 1. The van der Waals surface area contributed by atoms with E-state index in [0.29, 0.717) is 16.8 Å². The van der Waals surface area contributed by atoms with Gasteiger partial charge in [0.25, 0.3) is 0 Å². The Kier molecular flexibility index (Phi) is 4.44. The average molecular weight is 334 g/mol. The average Bonchev–Trinajstić information content (AvgIpc) is 3.00. The first-order valence-corrected chi connectivity index (χ1v) is 8.03. The predicted octanol–water partition coefficient (Wildman–Crippen LogP) is 4.41. The highest BCUT2D eigenvalue weighted by Gasteiger charge is 2.22. The zero-order valence-electron chi connectivity index (χ0n) is 14.0. The third kappa shape index (κ3) is 3.20. The lowest BCUT2D eigenvalue weighted by Gasteiger charge is -2.17. The van der Waals surface area contributed by atoms with Gasteiger partial charge < -0.3 is 14.8 Å². The van der Waals surface area contributed by atoms with Gasteiger partial charge in [0.05, 0.1) is 17.9 Å². The predicted molar refractivity (Wildman–Crippen MR) is 95.5 cm³/mol. The molecular formula is C20H18N2O3. The minimum atomic E-state index is -0.966. The van der Waals surface area contributed by atoms with Gasteiger partial charge in [-0.2, -0.15) is 5.26 Å². The molecule has 5 heteroatoms. The number of aryl methyl sites for hydroxylation is 2. The Balaban J connectivity index is 2.02. The second kappa shape index (κ2) is 6.70. The number of hydrogen-bond donors (Lipinski definition) is 2. The second-order valence-corrected chi connectivity index (χ2v) is 5.93. The lowest BCUT2D eigenvalue weighted by Crippen LogP contribution is -2.20. The standard InChI is InChI=1S/C20H18N2O3/c1-3-14-8-15(9-17-12(2)11-25-19(14)17)18(20(23)24)22-16-6-4-13(10-21)5-7-16/h4-9,11,18,22H,3H2,1-2H3,(H,23,24). The minimum Gasteiger partial charge on any atom is -0.479 e. The fourth-order valence-electron chi connectivity index (χ4n) is 2.88. The number of rotatable bonds is 5. The van der Waals surface area contributed by atoms with Gasteiger partial charge >= 0.3 is 5.97 Å². The van der Waals surface area contributed by atoms with E-state index in [4.69, 9.17) is 9.68 Å². The second-order valence-electron chi connectivity index (χ2n) is 5.93. The van der Waals surface area contributed by atoms with Crippen LogP contribution in [0.4, 0.5) is 5.69 Å². The number of hydrogen-bond acceptors (Lipinski definition) is 4. The lowest BCUT2D eigenvalue weighted by atomic mass is 9.98. The molecule has 2 aromatic carbocycles. The van der Waals surface area contributed by atoms with E-state index in [1.807, 2.05) is 32.0 Å². The van der Waals surface area contributed by atoms with Crippen molar-refractivity contribution in [3.05, 3.63) is 64.9 Å². The molecule has 3 aromatic rings. The number of furan rings is 1. The highest BCUT2D eigenvalue weighted by atomic mass is 16.4. The van der Waals surface area contributed by atoms with Crippen LogP contribution in [0.1, 0.15) is 35.2 Å². The number of benzene rings is 2. The third-order valence-electron chi connectivity index (χ3n) is 4.25. The summed E-state index contributed by atoms with van der Waals surface area (Å²) in [5.41, 5.74) is 4.62. The van der Waals surface area contributed by atoms with E-state index in [1.54, 1.807) is 30.5 Å². The molecule has 0 aliphatic heterocycles. The van der Waals surface area contributed by atoms with Crippen LogP contribution in [0.15, 0.2) is 47.1 Å². The van der Waals surface area contributed by atoms with Gasteiger partial charge in [-0.05, 0) is 66.4 Å². The van der Waals surface area contributed by atoms with E-state index >= 15 is 0 Å². The van der Waals surface area contributed by atoms with Gasteiger partial charge in [-0.1, -0.05) is 6.92 Å². The molecule has 1 aromatic heterocycles. The molecule has 25 heavy (non-hydrogen) atoms. The smallest absolute Gasteiger partial charge is 0.330 e. The van der Waals surface area contributed by atoms with Crippen molar-refractivity contribution in [2.24, 2.45) is 0 Å². The van der Waals surface area contributed by atoms with Gasteiger partial charge in [0.2, 0.25) is 0 Å². The molecule has 0 saturated heterocycles. The highest BCUT2D eigenvalue weighted by Crippen LogP contribution is 2.30. The first-order valence-electron chi connectivity index (χ1n) is 8.03. The summed E-state index contributed by atoms with van der Waals surface area (Å²) in [6, 6.07) is 11.6. The molecule has 0 saturated carbocycles. The van der Waals surface area contributed by atoms with E-state index in [2.05, 4.69) is 5.32 Å². The molecule has 0 radical (unpaired) electrons. The van der Waals surface area contributed by atoms with E-state index < -0.39 is 12.0 Å². The highest BCUT2D eigenvalue weighted by molar-refractivity contribution is 5.87. The molecule has 1 unspecified atom stereocenters. The number of anilines is 1. The first kappa shape index (κ1) is 16.6. The summed E-state index contributed by atoms with van der Waals surface area (Å²) in [6.07, 6.45) is 2.44. The Morgan fingerprint density at radius 1 is 1.32 bits per heavy atom. The quantitative estimate of drug-likeness (QED) is 0.721. The van der Waals surface area contributed by atoms with Gasteiger partial charge in [0, 0.05) is 11.1 Å². The number of nitrogens with zero attached hydrogens (tertiary/aromatic N) is 1. The van der Waals surface area contributed by atoms with Gasteiger partial charge in [-0.25, -0.2) is 4.79 Å². The fourth-order valence-corrected chi connectivity index (χ4v) is 2.88. The van der Waals surface area contributed by atoms with E-state index in [0.717, 1.165) is 28.5 Å². The summed E-state index contributed by atoms with van der Waals surface area (Å²) in [5, 5.41) is 22.5. The van der Waals surface area contributed by atoms with Gasteiger partial charge in [-0.15, -0.1) is 0 Å². The molecule has 2 N–H and O–H groups in total. The SMILES string of the molecule is CCc1cc(C(Nc2ccc(C#N)cc2)C(=O)O)cc2c(C)coc12. The van der Waals surface area contributed by atoms with Crippen LogP contribution in [0.2, 0.25) is 0 Å². The summed E-state index contributed by atoms with van der Waals surface area (Å²) in [5.74, 6) is -0.966. The number of carboxylic acids is 1. The summed E-state index contributed by atoms with van der Waals surface area (Å²) in [6.45, 7) is 3.96. The first-order chi connectivity index (χ1) is 12.0. The van der Waals surface area contributed by atoms with Crippen LogP contribution < -0.4 is 5.32 Å². The maximum absolute atomic E-state index is 11.8. The normalized spacial score (nSPS) is 11.9. The summed E-state index contributed by atoms with van der Waals surface area (Å²) in [4.78, 5) is 11.8. The molecule has 0 amide bonds. The molecule has 0 spiro atoms. The van der Waals surface area contributed by atoms with Crippen LogP contribution in [-0.4, -0.2) is 11.1 Å². The van der Waals surface area contributed by atoms with Crippen LogP contribution in [0.5, 0.6) is 0 Å². The number of carboxylic acid groups (broad SMARTS) is 1. The molecule has 126 valence electrons. The Bertz CT molecular complexity index is 965. The topological polar surface area (TPSA) is 86.3 Å². The monoisotopic (exact) mass is 334 g/mol. The minimum absolute atomic E-state index is 0.529. The zero-order chi connectivity index (χ0) is 18.0. The number of fused-ring (bicyclic) bond motifs is 1. The Hall–Kier alpha value is -3.26. The number of aliphatic carboxylic acids is 1. The fraction of sp³-hybridized carbons (Fsp3) is 0.200. The van der Waals surface area contributed by atoms with Crippen molar-refractivity contribution in [2.45, 2.75) is 26.3 Å². The largest absolute Gasteiger partial charge is 0.479 e. The van der Waals surface area contributed by atoms with E-state index in [1.165, 1.54) is 0 Å². The summed E-state index contributed by atoms with van der Waals surface area (Å²) < 4.78 is 5.61. The van der Waals surface area contributed by atoms with Crippen molar-refractivity contribution in [3.8, 4) is 6.07 Å². The van der Waals surface area contributed by atoms with Crippen molar-refractivity contribution in [1.29, 1.82) is 5.26 Å². The molecule has 0 aliphatic carbocycles. The van der Waals surface area contributed by atoms with Crippen molar-refractivity contribution in [2.75, 3.05) is 5.32 Å². The van der Waals surface area contributed by atoms with Crippen molar-refractivity contribution >= 4 is 22.6 Å². The van der Waals surface area contributed by atoms with Gasteiger partial charge in [0.15, 0.2) is 6.04 Å². The van der Waals surface area contributed by atoms with Crippen LogP contribution in [0.25, 0.3) is 11.0 Å². The van der Waals surface area contributed by atoms with Crippen LogP contribution in [0.3, 0.4) is 0 Å². The maximum Gasteiger partial charge on any atom is 0.330 e. The van der Waals surface area contributed by atoms with Crippen LogP contribution in [-0.2, 0) is 11.2 Å². The summed E-state index contributed by atoms with van der Waals surface area (Å²) in [7, 11) is 0. The lowest BCUT2D eigenvalue weighted by molar-refractivity contribution is -0.138. The molecule has 0 fully saturated rings. The zero-order valence-corrected chi connectivity index (χ0v) is 14.0. The number of nitriles is 1. The van der Waals surface area contributed by atoms with Crippen molar-refractivity contribution in [3.63, 3.8) is 0 Å². The molecule has 1 heterocycles. The van der Waals surface area contributed by atoms with Gasteiger partial charge in [0.1, 0.15) is 5.58 Å². The maximum atomic E-state index is 11.8. The van der Waals surface area contributed by atoms with Crippen LogP contribution in [0, 0.1) is 18.3 Å². The molecular weight excluding hydrogens is 316 g/mol. The Morgan fingerprint density at radius 3 is 2.64 bits per heavy atom. The summed E-state index contributed by atoms with van der Waals surface area (Å²) >= 11 is 0.